The first kappa shape index (κ1) is 15.5. The number of hydrogen-bond acceptors (Lipinski definition) is 3. The summed E-state index contributed by atoms with van der Waals surface area (Å²) in [6.07, 6.45) is 2.82. The van der Waals surface area contributed by atoms with Gasteiger partial charge in [0.25, 0.3) is 0 Å². The van der Waals surface area contributed by atoms with Gasteiger partial charge in [0.1, 0.15) is 5.82 Å². The minimum atomic E-state index is 0.168. The van der Waals surface area contributed by atoms with Gasteiger partial charge in [0.15, 0.2) is 0 Å². The molecule has 2 N–H and O–H groups in total. The zero-order chi connectivity index (χ0) is 15.4. The average molecular weight is 283 g/mol. The van der Waals surface area contributed by atoms with Crippen LogP contribution < -0.4 is 10.6 Å². The summed E-state index contributed by atoms with van der Waals surface area (Å²) < 4.78 is 0. The van der Waals surface area contributed by atoms with Crippen LogP contribution in [0.15, 0.2) is 36.5 Å². The van der Waals surface area contributed by atoms with Crippen molar-refractivity contribution in [3.8, 4) is 0 Å². The Kier molecular flexibility index (Phi) is 4.97. The van der Waals surface area contributed by atoms with Gasteiger partial charge >= 0.3 is 0 Å². The minimum Gasteiger partial charge on any atom is -0.355 e. The Morgan fingerprint density at radius 3 is 2.52 bits per heavy atom. The highest BCUT2D eigenvalue weighted by Gasteiger charge is 2.09. The first-order chi connectivity index (χ1) is 9.97. The number of anilines is 1. The van der Waals surface area contributed by atoms with Crippen molar-refractivity contribution in [3.63, 3.8) is 0 Å². The molecular formula is C18H25N3. The highest BCUT2D eigenvalue weighted by molar-refractivity contribution is 5.47. The molecule has 0 saturated carbocycles. The predicted molar refractivity (Wildman–Crippen MR) is 89.6 cm³/mol. The van der Waals surface area contributed by atoms with E-state index in [4.69, 9.17) is 5.73 Å². The standard InChI is InChI=1S/C18H25N3/c1-13-7-5-6-8-17(13)12-21(4)18-14(2)9-16(11-20-18)10-15(3)19/h5-9,11,15H,10,12,19H2,1-4H3. The van der Waals surface area contributed by atoms with Crippen LogP contribution in [0.5, 0.6) is 0 Å². The Labute approximate surface area is 127 Å². The van der Waals surface area contributed by atoms with Crippen molar-refractivity contribution in [3.05, 3.63) is 58.8 Å². The van der Waals surface area contributed by atoms with Gasteiger partial charge in [-0.05, 0) is 49.4 Å². The van der Waals surface area contributed by atoms with E-state index < -0.39 is 0 Å². The van der Waals surface area contributed by atoms with Crippen LogP contribution in [-0.4, -0.2) is 18.1 Å². The molecule has 0 radical (unpaired) electrons. The van der Waals surface area contributed by atoms with Crippen LogP contribution in [0.4, 0.5) is 5.82 Å². The van der Waals surface area contributed by atoms with Gasteiger partial charge in [0, 0.05) is 25.8 Å². The molecule has 0 spiro atoms. The molecule has 0 fully saturated rings. The van der Waals surface area contributed by atoms with E-state index >= 15 is 0 Å². The van der Waals surface area contributed by atoms with Crippen LogP contribution in [0.25, 0.3) is 0 Å². The van der Waals surface area contributed by atoms with Gasteiger partial charge in [-0.15, -0.1) is 0 Å². The maximum atomic E-state index is 5.85. The fraction of sp³-hybridized carbons (Fsp3) is 0.389. The molecule has 3 heteroatoms. The molecule has 0 saturated heterocycles. The summed E-state index contributed by atoms with van der Waals surface area (Å²) in [5.41, 5.74) is 10.9. The van der Waals surface area contributed by atoms with Gasteiger partial charge in [-0.1, -0.05) is 30.3 Å². The number of rotatable bonds is 5. The summed E-state index contributed by atoms with van der Waals surface area (Å²) in [6, 6.07) is 10.8. The molecule has 0 aliphatic carbocycles. The van der Waals surface area contributed by atoms with E-state index in [1.54, 1.807) is 0 Å². The van der Waals surface area contributed by atoms with Gasteiger partial charge < -0.3 is 10.6 Å². The molecule has 2 aromatic rings. The van der Waals surface area contributed by atoms with Gasteiger partial charge in [0.05, 0.1) is 0 Å². The average Bonchev–Trinajstić information content (AvgIpc) is 2.40. The van der Waals surface area contributed by atoms with E-state index in [-0.39, 0.29) is 6.04 Å². The summed E-state index contributed by atoms with van der Waals surface area (Å²) in [4.78, 5) is 6.83. The molecular weight excluding hydrogens is 258 g/mol. The number of nitrogens with zero attached hydrogens (tertiary/aromatic N) is 2. The Morgan fingerprint density at radius 1 is 1.19 bits per heavy atom. The van der Waals surface area contributed by atoms with Gasteiger partial charge in [0.2, 0.25) is 0 Å². The highest BCUT2D eigenvalue weighted by atomic mass is 15.2. The van der Waals surface area contributed by atoms with Crippen molar-refractivity contribution >= 4 is 5.82 Å². The van der Waals surface area contributed by atoms with Crippen LogP contribution in [0.3, 0.4) is 0 Å². The fourth-order valence-electron chi connectivity index (χ4n) is 2.63. The van der Waals surface area contributed by atoms with Crippen molar-refractivity contribution in [1.29, 1.82) is 0 Å². The lowest BCUT2D eigenvalue weighted by atomic mass is 10.1. The Hall–Kier alpha value is -1.87. The SMILES string of the molecule is Cc1ccccc1CN(C)c1ncc(CC(C)N)cc1C. The van der Waals surface area contributed by atoms with Gasteiger partial charge in [-0.25, -0.2) is 4.98 Å². The summed E-state index contributed by atoms with van der Waals surface area (Å²) in [6.45, 7) is 7.15. The van der Waals surface area contributed by atoms with Crippen molar-refractivity contribution < 1.29 is 0 Å². The van der Waals surface area contributed by atoms with E-state index in [1.807, 2.05) is 13.1 Å². The maximum absolute atomic E-state index is 5.85. The van der Waals surface area contributed by atoms with Gasteiger partial charge in [-0.2, -0.15) is 0 Å². The molecule has 2 rings (SSSR count). The topological polar surface area (TPSA) is 42.2 Å². The first-order valence-corrected chi connectivity index (χ1v) is 7.44. The predicted octanol–water partition coefficient (Wildman–Crippen LogP) is 3.22. The molecule has 1 heterocycles. The second-order valence-corrected chi connectivity index (χ2v) is 5.95. The van der Waals surface area contributed by atoms with E-state index in [9.17, 15) is 0 Å². The summed E-state index contributed by atoms with van der Waals surface area (Å²) in [7, 11) is 2.09. The lowest BCUT2D eigenvalue weighted by Crippen LogP contribution is -2.21. The second-order valence-electron chi connectivity index (χ2n) is 5.95. The normalized spacial score (nSPS) is 12.2. The zero-order valence-electron chi connectivity index (χ0n) is 13.4. The molecule has 0 aliphatic rings. The smallest absolute Gasteiger partial charge is 0.131 e. The van der Waals surface area contributed by atoms with Crippen LogP contribution in [0.1, 0.15) is 29.2 Å². The van der Waals surface area contributed by atoms with E-state index in [0.29, 0.717) is 0 Å². The molecule has 1 aromatic carbocycles. The lowest BCUT2D eigenvalue weighted by Gasteiger charge is -2.22. The third-order valence-electron chi connectivity index (χ3n) is 3.70. The van der Waals surface area contributed by atoms with Gasteiger partial charge in [-0.3, -0.25) is 0 Å². The number of hydrogen-bond donors (Lipinski definition) is 1. The second kappa shape index (κ2) is 6.72. The number of aryl methyl sites for hydroxylation is 2. The first-order valence-electron chi connectivity index (χ1n) is 7.44. The minimum absolute atomic E-state index is 0.168. The summed E-state index contributed by atoms with van der Waals surface area (Å²) in [5.74, 6) is 1.03. The largest absolute Gasteiger partial charge is 0.355 e. The summed E-state index contributed by atoms with van der Waals surface area (Å²) >= 11 is 0. The molecule has 0 aliphatic heterocycles. The van der Waals surface area contributed by atoms with Crippen molar-refractivity contribution in [2.24, 2.45) is 5.73 Å². The Balaban J connectivity index is 2.16. The van der Waals surface area contributed by atoms with Crippen molar-refractivity contribution in [2.45, 2.75) is 39.8 Å². The Morgan fingerprint density at radius 2 is 1.90 bits per heavy atom. The van der Waals surface area contributed by atoms with E-state index in [0.717, 1.165) is 18.8 Å². The number of pyridine rings is 1. The third kappa shape index (κ3) is 4.05. The maximum Gasteiger partial charge on any atom is 0.131 e. The molecule has 112 valence electrons. The molecule has 1 unspecified atom stereocenters. The number of benzene rings is 1. The number of nitrogens with two attached hydrogens (primary N) is 1. The van der Waals surface area contributed by atoms with E-state index in [1.165, 1.54) is 22.3 Å². The fourth-order valence-corrected chi connectivity index (χ4v) is 2.63. The highest BCUT2D eigenvalue weighted by Crippen LogP contribution is 2.20. The van der Waals surface area contributed by atoms with E-state index in [2.05, 4.69) is 61.1 Å². The summed E-state index contributed by atoms with van der Waals surface area (Å²) in [5, 5.41) is 0. The molecule has 21 heavy (non-hydrogen) atoms. The Bertz CT molecular complexity index is 605. The zero-order valence-corrected chi connectivity index (χ0v) is 13.4. The quantitative estimate of drug-likeness (QED) is 0.916. The van der Waals surface area contributed by atoms with Crippen LogP contribution in [0, 0.1) is 13.8 Å². The molecule has 1 aromatic heterocycles. The van der Waals surface area contributed by atoms with Crippen LogP contribution >= 0.6 is 0 Å². The molecule has 1 atom stereocenters. The number of aromatic nitrogens is 1. The van der Waals surface area contributed by atoms with Crippen molar-refractivity contribution in [2.75, 3.05) is 11.9 Å². The molecule has 0 bridgehead atoms. The molecule has 3 nitrogen and oxygen atoms in total. The molecule has 0 amide bonds. The monoisotopic (exact) mass is 283 g/mol. The van der Waals surface area contributed by atoms with Crippen LogP contribution in [-0.2, 0) is 13.0 Å². The third-order valence-corrected chi connectivity index (χ3v) is 3.70. The van der Waals surface area contributed by atoms with Crippen molar-refractivity contribution in [1.82, 2.24) is 4.98 Å². The lowest BCUT2D eigenvalue weighted by molar-refractivity contribution is 0.734. The van der Waals surface area contributed by atoms with Crippen LogP contribution in [0.2, 0.25) is 0 Å².